The number of benzene rings is 1. The fraction of sp³-hybridized carbons (Fsp3) is 0.417. The van der Waals surface area contributed by atoms with Crippen LogP contribution in [0.1, 0.15) is 19.8 Å². The minimum absolute atomic E-state index is 0.220. The van der Waals surface area contributed by atoms with Gasteiger partial charge in [0.25, 0.3) is 0 Å². The van der Waals surface area contributed by atoms with Crippen LogP contribution in [0.4, 0.5) is 0 Å². The van der Waals surface area contributed by atoms with Crippen LogP contribution in [0.5, 0.6) is 0 Å². The molecular weight excluding hydrogens is 204 g/mol. The average molecular weight is 218 g/mol. The molecule has 0 fully saturated rings. The van der Waals surface area contributed by atoms with Gasteiger partial charge in [-0.15, -0.1) is 0 Å². The Hall–Kier alpha value is -1.71. The van der Waals surface area contributed by atoms with Gasteiger partial charge in [0.2, 0.25) is 0 Å². The zero-order valence-corrected chi connectivity index (χ0v) is 9.43. The van der Waals surface area contributed by atoms with Crippen LogP contribution in [0, 0.1) is 0 Å². The molecule has 0 unspecified atom stereocenters. The van der Waals surface area contributed by atoms with E-state index >= 15 is 0 Å². The normalized spacial score (nSPS) is 15.9. The number of para-hydroxylation sites is 2. The summed E-state index contributed by atoms with van der Waals surface area (Å²) in [7, 11) is 1.39. The molecule has 0 saturated heterocycles. The summed E-state index contributed by atoms with van der Waals surface area (Å²) in [6.07, 6.45) is 0.919. The molecule has 0 saturated carbocycles. The van der Waals surface area contributed by atoms with Crippen LogP contribution in [0.2, 0.25) is 0 Å². The number of rotatable bonds is 3. The minimum atomic E-state index is -0.516. The van der Waals surface area contributed by atoms with Gasteiger partial charge >= 0.3 is 5.97 Å². The fourth-order valence-corrected chi connectivity index (χ4v) is 1.75. The van der Waals surface area contributed by atoms with Crippen LogP contribution < -0.4 is 10.7 Å². The van der Waals surface area contributed by atoms with Crippen molar-refractivity contribution < 1.29 is 9.53 Å². The van der Waals surface area contributed by atoms with Gasteiger partial charge in [0.05, 0.1) is 17.8 Å². The second-order valence-electron chi connectivity index (χ2n) is 4.01. The highest BCUT2D eigenvalue weighted by Gasteiger charge is 2.25. The van der Waals surface area contributed by atoms with E-state index in [4.69, 9.17) is 0 Å². The van der Waals surface area contributed by atoms with Crippen LogP contribution in [-0.4, -0.2) is 18.7 Å². The highest BCUT2D eigenvalue weighted by molar-refractivity contribution is 5.69. The zero-order valence-electron chi connectivity index (χ0n) is 9.43. The van der Waals surface area contributed by atoms with E-state index in [0.717, 1.165) is 10.7 Å². The third-order valence-corrected chi connectivity index (χ3v) is 2.63. The van der Waals surface area contributed by atoms with Crippen LogP contribution >= 0.6 is 0 Å². The molecule has 2 rings (SSSR count). The first-order chi connectivity index (χ1) is 7.63. The molecule has 0 atom stereocenters. The van der Waals surface area contributed by atoms with Gasteiger partial charge in [-0.3, -0.25) is 14.8 Å². The zero-order chi connectivity index (χ0) is 11.6. The van der Waals surface area contributed by atoms with E-state index < -0.39 is 5.66 Å². The van der Waals surface area contributed by atoms with Gasteiger partial charge in [0.1, 0.15) is 5.66 Å². The number of carbonyl (C=O) groups excluding carboxylic acids is 1. The standard InChI is InChI=1S/C12H14N2O2/c1-12(8-7-11(15)16-2)13-9-5-3-4-6-10(9)14-12/h3-6H,7-8H2,1-2H3. The van der Waals surface area contributed by atoms with E-state index in [2.05, 4.69) is 14.7 Å². The number of nitrogens with zero attached hydrogens (tertiary/aromatic N) is 2. The van der Waals surface area contributed by atoms with E-state index in [-0.39, 0.29) is 5.97 Å². The van der Waals surface area contributed by atoms with Gasteiger partial charge < -0.3 is 4.74 Å². The Morgan fingerprint density at radius 3 is 2.38 bits per heavy atom. The van der Waals surface area contributed by atoms with Crippen LogP contribution in [0.3, 0.4) is 0 Å². The maximum Gasteiger partial charge on any atom is 0.305 e. The lowest BCUT2D eigenvalue weighted by Gasteiger charge is -2.15. The second-order valence-corrected chi connectivity index (χ2v) is 4.01. The molecule has 0 aliphatic carbocycles. The minimum Gasteiger partial charge on any atom is -0.469 e. The number of ether oxygens (including phenoxy) is 1. The van der Waals surface area contributed by atoms with Gasteiger partial charge in [0.15, 0.2) is 0 Å². The van der Waals surface area contributed by atoms with Crippen LogP contribution in [0.25, 0.3) is 0 Å². The molecule has 16 heavy (non-hydrogen) atoms. The molecular formula is C12H14N2O2. The predicted octanol–water partition coefficient (Wildman–Crippen LogP) is 0.609. The van der Waals surface area contributed by atoms with Crippen molar-refractivity contribution in [3.8, 4) is 0 Å². The molecule has 84 valence electrons. The Morgan fingerprint density at radius 1 is 1.31 bits per heavy atom. The molecule has 1 aliphatic rings. The van der Waals surface area contributed by atoms with Crippen LogP contribution in [0.15, 0.2) is 34.3 Å². The van der Waals surface area contributed by atoms with Crippen molar-refractivity contribution in [2.45, 2.75) is 25.4 Å². The molecule has 0 N–H and O–H groups in total. The lowest BCUT2D eigenvalue weighted by Crippen LogP contribution is -2.19. The summed E-state index contributed by atoms with van der Waals surface area (Å²) >= 11 is 0. The van der Waals surface area contributed by atoms with Crippen molar-refractivity contribution >= 4 is 5.97 Å². The summed E-state index contributed by atoms with van der Waals surface area (Å²) < 4.78 is 4.61. The lowest BCUT2D eigenvalue weighted by atomic mass is 10.1. The van der Waals surface area contributed by atoms with Crippen molar-refractivity contribution in [1.82, 2.24) is 0 Å². The third-order valence-electron chi connectivity index (χ3n) is 2.63. The van der Waals surface area contributed by atoms with Gasteiger partial charge in [-0.1, -0.05) is 12.1 Å². The molecule has 1 heterocycles. The summed E-state index contributed by atoms with van der Waals surface area (Å²) in [5.74, 6) is -0.220. The molecule has 0 bridgehead atoms. The maximum absolute atomic E-state index is 11.1. The van der Waals surface area contributed by atoms with E-state index in [1.807, 2.05) is 31.2 Å². The van der Waals surface area contributed by atoms with Crippen molar-refractivity contribution in [2.75, 3.05) is 7.11 Å². The van der Waals surface area contributed by atoms with E-state index in [9.17, 15) is 4.79 Å². The fourth-order valence-electron chi connectivity index (χ4n) is 1.75. The molecule has 0 spiro atoms. The molecule has 0 aromatic heterocycles. The predicted molar refractivity (Wildman–Crippen MR) is 58.4 cm³/mol. The molecule has 0 radical (unpaired) electrons. The second kappa shape index (κ2) is 4.04. The summed E-state index contributed by atoms with van der Waals surface area (Å²) in [5, 5.41) is 1.80. The Morgan fingerprint density at radius 2 is 1.88 bits per heavy atom. The Kier molecular flexibility index (Phi) is 2.73. The summed E-state index contributed by atoms with van der Waals surface area (Å²) in [6, 6.07) is 7.73. The molecule has 4 heteroatoms. The van der Waals surface area contributed by atoms with E-state index in [0.29, 0.717) is 12.8 Å². The number of methoxy groups -OCH3 is 1. The number of carbonyl (C=O) groups is 1. The highest BCUT2D eigenvalue weighted by atomic mass is 16.5. The van der Waals surface area contributed by atoms with Crippen molar-refractivity contribution in [3.63, 3.8) is 0 Å². The van der Waals surface area contributed by atoms with E-state index in [1.54, 1.807) is 0 Å². The topological polar surface area (TPSA) is 51.0 Å². The van der Waals surface area contributed by atoms with Gasteiger partial charge in [-0.25, -0.2) is 0 Å². The van der Waals surface area contributed by atoms with Gasteiger partial charge in [0, 0.05) is 12.8 Å². The Balaban J connectivity index is 2.18. The first-order valence-corrected chi connectivity index (χ1v) is 5.25. The maximum atomic E-state index is 11.1. The third kappa shape index (κ3) is 2.10. The monoisotopic (exact) mass is 218 g/mol. The molecule has 0 amide bonds. The molecule has 1 aliphatic heterocycles. The Bertz CT molecular complexity index is 487. The summed E-state index contributed by atoms with van der Waals surface area (Å²) in [5.41, 5.74) is -0.516. The quantitative estimate of drug-likeness (QED) is 0.698. The first kappa shape index (κ1) is 10.8. The number of esters is 1. The summed E-state index contributed by atoms with van der Waals surface area (Å²) in [4.78, 5) is 20.1. The SMILES string of the molecule is COC(=O)CCC1(C)N=c2ccccc2=N1. The number of fused-ring (bicyclic) bond motifs is 1. The molecule has 1 aromatic rings. The summed E-state index contributed by atoms with van der Waals surface area (Å²) in [6.45, 7) is 1.93. The smallest absolute Gasteiger partial charge is 0.305 e. The van der Waals surface area contributed by atoms with Gasteiger partial charge in [-0.2, -0.15) is 0 Å². The number of hydrogen-bond acceptors (Lipinski definition) is 4. The highest BCUT2D eigenvalue weighted by Crippen LogP contribution is 2.19. The van der Waals surface area contributed by atoms with Crippen LogP contribution in [-0.2, 0) is 9.53 Å². The van der Waals surface area contributed by atoms with Gasteiger partial charge in [-0.05, 0) is 19.1 Å². The van der Waals surface area contributed by atoms with E-state index in [1.165, 1.54) is 7.11 Å². The Labute approximate surface area is 93.7 Å². The molecule has 1 aromatic carbocycles. The number of hydrogen-bond donors (Lipinski definition) is 0. The molecule has 4 nitrogen and oxygen atoms in total. The lowest BCUT2D eigenvalue weighted by molar-refractivity contribution is -0.141. The van der Waals surface area contributed by atoms with Crippen molar-refractivity contribution in [3.05, 3.63) is 35.0 Å². The largest absolute Gasteiger partial charge is 0.469 e. The first-order valence-electron chi connectivity index (χ1n) is 5.25. The van der Waals surface area contributed by atoms with Crippen molar-refractivity contribution in [2.24, 2.45) is 9.98 Å². The van der Waals surface area contributed by atoms with Crippen molar-refractivity contribution in [1.29, 1.82) is 0 Å². The average Bonchev–Trinajstić information content (AvgIpc) is 2.62.